The van der Waals surface area contributed by atoms with Gasteiger partial charge < -0.3 is 14.6 Å². The molecule has 1 amide bonds. The van der Waals surface area contributed by atoms with E-state index >= 15 is 0 Å². The predicted octanol–water partition coefficient (Wildman–Crippen LogP) is 2.57. The lowest BCUT2D eigenvalue weighted by Crippen LogP contribution is -2.16. The number of nitrogens with one attached hydrogen (secondary N) is 1. The fourth-order valence-electron chi connectivity index (χ4n) is 2.22. The zero-order valence-corrected chi connectivity index (χ0v) is 15.9. The van der Waals surface area contributed by atoms with E-state index in [4.69, 9.17) is 4.74 Å². The van der Waals surface area contributed by atoms with Crippen molar-refractivity contribution in [3.63, 3.8) is 0 Å². The molecule has 0 saturated heterocycles. The van der Waals surface area contributed by atoms with E-state index in [1.54, 1.807) is 0 Å². The summed E-state index contributed by atoms with van der Waals surface area (Å²) in [7, 11) is 3.19. The predicted molar refractivity (Wildman–Crippen MR) is 94.9 cm³/mol. The van der Waals surface area contributed by atoms with Crippen LogP contribution in [0.2, 0.25) is 0 Å². The molecule has 2 aromatic rings. The number of thioether (sulfide) groups is 1. The molecular formula is C15H20N4O3S2. The van der Waals surface area contributed by atoms with Gasteiger partial charge in [0.1, 0.15) is 10.8 Å². The summed E-state index contributed by atoms with van der Waals surface area (Å²) in [4.78, 5) is 25.3. The number of aryl methyl sites for hydroxylation is 2. The van der Waals surface area contributed by atoms with Crippen LogP contribution in [-0.4, -0.2) is 39.5 Å². The maximum atomic E-state index is 12.2. The Morgan fingerprint density at radius 3 is 2.58 bits per heavy atom. The highest BCUT2D eigenvalue weighted by Gasteiger charge is 2.23. The van der Waals surface area contributed by atoms with Crippen LogP contribution < -0.4 is 5.32 Å². The van der Waals surface area contributed by atoms with Gasteiger partial charge in [0.15, 0.2) is 5.16 Å². The standard InChI is InChI=1S/C15H20N4O3S2/c1-6-10-8(2)24-13(12(10)14(21)22-5)16-11(20)7-23-15-18-17-9(3)19(15)4/h6-7H2,1-5H3,(H,16,20). The second kappa shape index (κ2) is 7.80. The van der Waals surface area contributed by atoms with Crippen molar-refractivity contribution in [1.82, 2.24) is 14.8 Å². The van der Waals surface area contributed by atoms with Gasteiger partial charge in [-0.05, 0) is 25.8 Å². The number of thiophene rings is 1. The molecule has 0 spiro atoms. The lowest BCUT2D eigenvalue weighted by molar-refractivity contribution is -0.113. The van der Waals surface area contributed by atoms with Gasteiger partial charge in [-0.25, -0.2) is 4.79 Å². The number of rotatable bonds is 6. The van der Waals surface area contributed by atoms with Crippen LogP contribution >= 0.6 is 23.1 Å². The molecular weight excluding hydrogens is 348 g/mol. The van der Waals surface area contributed by atoms with E-state index in [0.717, 1.165) is 16.3 Å². The summed E-state index contributed by atoms with van der Waals surface area (Å²) in [5.41, 5.74) is 1.37. The highest BCUT2D eigenvalue weighted by atomic mass is 32.2. The average Bonchev–Trinajstić information content (AvgIpc) is 3.04. The summed E-state index contributed by atoms with van der Waals surface area (Å²) >= 11 is 2.69. The molecule has 0 aromatic carbocycles. The van der Waals surface area contributed by atoms with Gasteiger partial charge in [0.25, 0.3) is 0 Å². The minimum absolute atomic E-state index is 0.186. The number of aromatic nitrogens is 3. The van der Waals surface area contributed by atoms with Crippen LogP contribution in [0.15, 0.2) is 5.16 Å². The number of anilines is 1. The van der Waals surface area contributed by atoms with Crippen molar-refractivity contribution in [2.75, 3.05) is 18.2 Å². The van der Waals surface area contributed by atoms with E-state index in [1.165, 1.54) is 30.2 Å². The molecule has 1 N–H and O–H groups in total. The molecule has 0 fully saturated rings. The Hall–Kier alpha value is -1.87. The van der Waals surface area contributed by atoms with Gasteiger partial charge in [-0.15, -0.1) is 21.5 Å². The number of esters is 1. The van der Waals surface area contributed by atoms with Crippen LogP contribution in [0.25, 0.3) is 0 Å². The Labute approximate surface area is 148 Å². The first-order valence-electron chi connectivity index (χ1n) is 7.38. The minimum atomic E-state index is -0.428. The van der Waals surface area contributed by atoms with Crippen molar-refractivity contribution >= 4 is 40.0 Å². The third-order valence-electron chi connectivity index (χ3n) is 3.59. The van der Waals surface area contributed by atoms with Gasteiger partial charge in [0.2, 0.25) is 5.91 Å². The van der Waals surface area contributed by atoms with Crippen LogP contribution in [0.4, 0.5) is 5.00 Å². The molecule has 0 atom stereocenters. The van der Waals surface area contributed by atoms with Crippen LogP contribution in [0.1, 0.15) is 33.5 Å². The van der Waals surface area contributed by atoms with Crippen molar-refractivity contribution in [1.29, 1.82) is 0 Å². The van der Waals surface area contributed by atoms with Gasteiger partial charge in [0, 0.05) is 11.9 Å². The molecule has 130 valence electrons. The number of amides is 1. The Morgan fingerprint density at radius 2 is 2.04 bits per heavy atom. The van der Waals surface area contributed by atoms with Crippen LogP contribution in [-0.2, 0) is 23.0 Å². The Morgan fingerprint density at radius 1 is 1.33 bits per heavy atom. The molecule has 0 aliphatic heterocycles. The number of nitrogens with zero attached hydrogens (tertiary/aromatic N) is 3. The molecule has 2 heterocycles. The first-order chi connectivity index (χ1) is 11.4. The van der Waals surface area contributed by atoms with Crippen molar-refractivity contribution in [2.45, 2.75) is 32.3 Å². The molecule has 0 bridgehead atoms. The molecule has 9 heteroatoms. The third kappa shape index (κ3) is 3.78. The summed E-state index contributed by atoms with van der Waals surface area (Å²) in [5, 5.41) is 12.0. The molecule has 0 aliphatic carbocycles. The van der Waals surface area contributed by atoms with Crippen molar-refractivity contribution in [2.24, 2.45) is 7.05 Å². The quantitative estimate of drug-likeness (QED) is 0.623. The molecule has 2 rings (SSSR count). The highest BCUT2D eigenvalue weighted by Crippen LogP contribution is 2.34. The molecule has 0 unspecified atom stereocenters. The zero-order chi connectivity index (χ0) is 17.9. The summed E-state index contributed by atoms with van der Waals surface area (Å²) in [6.45, 7) is 5.75. The fourth-order valence-corrected chi connectivity index (χ4v) is 4.12. The average molecular weight is 368 g/mol. The van der Waals surface area contributed by atoms with Gasteiger partial charge in [0.05, 0.1) is 18.4 Å². The topological polar surface area (TPSA) is 86.1 Å². The maximum Gasteiger partial charge on any atom is 0.341 e. The molecule has 0 radical (unpaired) electrons. The first kappa shape index (κ1) is 18.5. The van der Waals surface area contributed by atoms with Crippen molar-refractivity contribution in [3.8, 4) is 0 Å². The second-order valence-corrected chi connectivity index (χ2v) is 7.28. The lowest BCUT2D eigenvalue weighted by atomic mass is 10.1. The Balaban J connectivity index is 2.11. The fraction of sp³-hybridized carbons (Fsp3) is 0.467. The monoisotopic (exact) mass is 368 g/mol. The maximum absolute atomic E-state index is 12.2. The van der Waals surface area contributed by atoms with E-state index in [2.05, 4.69) is 15.5 Å². The van der Waals surface area contributed by atoms with E-state index < -0.39 is 5.97 Å². The van der Waals surface area contributed by atoms with Crippen molar-refractivity contribution < 1.29 is 14.3 Å². The summed E-state index contributed by atoms with van der Waals surface area (Å²) in [6.07, 6.45) is 0.704. The molecule has 7 nitrogen and oxygen atoms in total. The van der Waals surface area contributed by atoms with Crippen LogP contribution in [0.3, 0.4) is 0 Å². The minimum Gasteiger partial charge on any atom is -0.465 e. The van der Waals surface area contributed by atoms with Gasteiger partial charge in [-0.3, -0.25) is 4.79 Å². The van der Waals surface area contributed by atoms with E-state index in [-0.39, 0.29) is 11.7 Å². The van der Waals surface area contributed by atoms with Gasteiger partial charge in [-0.2, -0.15) is 0 Å². The SMILES string of the molecule is CCc1c(C)sc(NC(=O)CSc2nnc(C)n2C)c1C(=O)OC. The van der Waals surface area contributed by atoms with Crippen LogP contribution in [0, 0.1) is 13.8 Å². The highest BCUT2D eigenvalue weighted by molar-refractivity contribution is 7.99. The largest absolute Gasteiger partial charge is 0.465 e. The van der Waals surface area contributed by atoms with E-state index in [9.17, 15) is 9.59 Å². The molecule has 0 aliphatic rings. The summed E-state index contributed by atoms with van der Waals surface area (Å²) in [6, 6.07) is 0. The molecule has 24 heavy (non-hydrogen) atoms. The number of hydrogen-bond acceptors (Lipinski definition) is 7. The number of carbonyl (C=O) groups excluding carboxylic acids is 2. The molecule has 0 saturated carbocycles. The number of carbonyl (C=O) groups is 2. The van der Waals surface area contributed by atoms with Crippen LogP contribution in [0.5, 0.6) is 0 Å². The number of hydrogen-bond donors (Lipinski definition) is 1. The third-order valence-corrected chi connectivity index (χ3v) is 5.67. The van der Waals surface area contributed by atoms with Gasteiger partial charge >= 0.3 is 5.97 Å². The lowest BCUT2D eigenvalue weighted by Gasteiger charge is -2.07. The normalized spacial score (nSPS) is 10.7. The smallest absolute Gasteiger partial charge is 0.341 e. The Kier molecular flexibility index (Phi) is 6.00. The number of methoxy groups -OCH3 is 1. The molecule has 2 aromatic heterocycles. The second-order valence-electron chi connectivity index (χ2n) is 5.11. The van der Waals surface area contributed by atoms with E-state index in [0.29, 0.717) is 22.1 Å². The first-order valence-corrected chi connectivity index (χ1v) is 9.18. The number of ether oxygens (including phenoxy) is 1. The van der Waals surface area contributed by atoms with E-state index in [1.807, 2.05) is 32.4 Å². The Bertz CT molecular complexity index is 767. The summed E-state index contributed by atoms with van der Waals surface area (Å²) < 4.78 is 6.67. The van der Waals surface area contributed by atoms with Crippen molar-refractivity contribution in [3.05, 3.63) is 21.8 Å². The summed E-state index contributed by atoms with van der Waals surface area (Å²) in [5.74, 6) is 0.343. The zero-order valence-electron chi connectivity index (χ0n) is 14.3. The van der Waals surface area contributed by atoms with Gasteiger partial charge in [-0.1, -0.05) is 18.7 Å².